The van der Waals surface area contributed by atoms with E-state index < -0.39 is 5.54 Å². The number of hydrogen-bond acceptors (Lipinski definition) is 6. The summed E-state index contributed by atoms with van der Waals surface area (Å²) in [6.07, 6.45) is 4.35. The van der Waals surface area contributed by atoms with E-state index in [1.54, 1.807) is 25.6 Å². The number of thiophene rings is 1. The zero-order valence-corrected chi connectivity index (χ0v) is 20.0. The first-order valence-electron chi connectivity index (χ1n) is 10.1. The Balaban J connectivity index is 0.00000450. The topological polar surface area (TPSA) is 81.8 Å². The van der Waals surface area contributed by atoms with E-state index >= 15 is 0 Å². The van der Waals surface area contributed by atoms with Crippen molar-refractivity contribution in [1.82, 2.24) is 0 Å². The van der Waals surface area contributed by atoms with Gasteiger partial charge in [0.25, 0.3) is 0 Å². The average molecular weight is 456 g/mol. The first-order valence-corrected chi connectivity index (χ1v) is 10.9. The van der Waals surface area contributed by atoms with Crippen LogP contribution in [0.2, 0.25) is 0 Å². The molecule has 3 N–H and O–H groups in total. The third kappa shape index (κ3) is 6.98. The van der Waals surface area contributed by atoms with Crippen molar-refractivity contribution in [2.75, 3.05) is 20.8 Å². The summed E-state index contributed by atoms with van der Waals surface area (Å²) in [6.45, 7) is 4.01. The lowest BCUT2D eigenvalue weighted by Gasteiger charge is -2.25. The van der Waals surface area contributed by atoms with Crippen molar-refractivity contribution in [1.29, 1.82) is 0 Å². The van der Waals surface area contributed by atoms with Crippen molar-refractivity contribution >= 4 is 29.5 Å². The fourth-order valence-electron chi connectivity index (χ4n) is 3.25. The molecule has 0 unspecified atom stereocenters. The van der Waals surface area contributed by atoms with E-state index in [2.05, 4.69) is 0 Å². The number of benzene rings is 1. The molecular weight excluding hydrogens is 422 g/mol. The lowest BCUT2D eigenvalue weighted by molar-refractivity contribution is 0.0984. The molecule has 168 valence electrons. The highest BCUT2D eigenvalue weighted by atomic mass is 35.5. The largest absolute Gasteiger partial charge is 0.493 e. The number of hydrogen-bond donors (Lipinski definition) is 2. The molecule has 0 spiro atoms. The molecule has 2 rings (SSSR count). The summed E-state index contributed by atoms with van der Waals surface area (Å²) in [5, 5.41) is 9.49. The maximum Gasteiger partial charge on any atom is 0.172 e. The van der Waals surface area contributed by atoms with Gasteiger partial charge in [-0.1, -0.05) is 13.0 Å². The number of carbonyl (C=O) groups excluding carboxylic acids is 1. The molecule has 7 heteroatoms. The molecule has 1 heterocycles. The fourth-order valence-corrected chi connectivity index (χ4v) is 4.39. The monoisotopic (exact) mass is 455 g/mol. The summed E-state index contributed by atoms with van der Waals surface area (Å²) in [5.41, 5.74) is 7.91. The van der Waals surface area contributed by atoms with E-state index in [1.165, 1.54) is 4.88 Å². The Morgan fingerprint density at radius 2 is 1.87 bits per heavy atom. The molecule has 1 atom stereocenters. The van der Waals surface area contributed by atoms with Gasteiger partial charge in [0.1, 0.15) is 0 Å². The minimum Gasteiger partial charge on any atom is -0.493 e. The highest BCUT2D eigenvalue weighted by molar-refractivity contribution is 7.14. The predicted molar refractivity (Wildman–Crippen MR) is 126 cm³/mol. The summed E-state index contributed by atoms with van der Waals surface area (Å²) < 4.78 is 10.6. The number of rotatable bonds is 12. The van der Waals surface area contributed by atoms with Crippen molar-refractivity contribution in [2.24, 2.45) is 5.73 Å². The molecule has 2 aromatic rings. The third-order valence-corrected chi connectivity index (χ3v) is 6.82. The second-order valence-corrected chi connectivity index (χ2v) is 8.69. The Kier molecular flexibility index (Phi) is 10.8. The summed E-state index contributed by atoms with van der Waals surface area (Å²) in [5.74, 6) is 1.60. The SMILES string of the molecule is CC[C@](N)(CO)CCc1sc(C(=O)CCCc2ccc(OC)c(OC)c2)cc1C.Cl. The standard InChI is InChI=1S/C23H33NO4S.ClH/c1-5-23(24,15-25)12-11-21-16(2)13-22(29-21)18(26)8-6-7-17-9-10-19(27-3)20(14-17)28-4;/h9-10,13-14,25H,5-8,11-12,15,24H2,1-4H3;1H/t23-;/m1./s1. The average Bonchev–Trinajstić information content (AvgIpc) is 3.12. The van der Waals surface area contributed by atoms with Gasteiger partial charge >= 0.3 is 0 Å². The molecule has 0 saturated carbocycles. The minimum atomic E-state index is -0.542. The molecule has 5 nitrogen and oxygen atoms in total. The van der Waals surface area contributed by atoms with E-state index in [1.807, 2.05) is 38.1 Å². The maximum absolute atomic E-state index is 12.6. The molecule has 0 amide bonds. The van der Waals surface area contributed by atoms with Crippen LogP contribution in [-0.2, 0) is 12.8 Å². The van der Waals surface area contributed by atoms with Crippen molar-refractivity contribution in [3.63, 3.8) is 0 Å². The highest BCUT2D eigenvalue weighted by Gasteiger charge is 2.22. The molecule has 0 fully saturated rings. The van der Waals surface area contributed by atoms with Gasteiger partial charge in [0.2, 0.25) is 0 Å². The van der Waals surface area contributed by atoms with Crippen LogP contribution in [0.25, 0.3) is 0 Å². The van der Waals surface area contributed by atoms with Gasteiger partial charge in [0.05, 0.1) is 25.7 Å². The van der Waals surface area contributed by atoms with Crippen LogP contribution in [0.4, 0.5) is 0 Å². The smallest absolute Gasteiger partial charge is 0.172 e. The van der Waals surface area contributed by atoms with Gasteiger partial charge in [0, 0.05) is 16.8 Å². The molecule has 30 heavy (non-hydrogen) atoms. The van der Waals surface area contributed by atoms with Crippen molar-refractivity contribution < 1.29 is 19.4 Å². The molecule has 0 radical (unpaired) electrons. The Bertz CT molecular complexity index is 818. The molecule has 1 aromatic heterocycles. The molecule has 0 aliphatic rings. The number of methoxy groups -OCH3 is 2. The van der Waals surface area contributed by atoms with Crippen LogP contribution < -0.4 is 15.2 Å². The molecule has 0 bridgehead atoms. The summed E-state index contributed by atoms with van der Waals surface area (Å²) >= 11 is 1.56. The first-order chi connectivity index (χ1) is 13.9. The van der Waals surface area contributed by atoms with E-state index in [0.29, 0.717) is 24.3 Å². The van der Waals surface area contributed by atoms with Crippen molar-refractivity contribution in [2.45, 2.75) is 57.9 Å². The first kappa shape index (κ1) is 26.4. The normalized spacial score (nSPS) is 12.7. The Morgan fingerprint density at radius 3 is 2.47 bits per heavy atom. The molecule has 0 aliphatic heterocycles. The van der Waals surface area contributed by atoms with Crippen molar-refractivity contribution in [3.8, 4) is 11.5 Å². The van der Waals surface area contributed by atoms with Crippen LogP contribution in [0.1, 0.15) is 58.3 Å². The van der Waals surface area contributed by atoms with E-state index in [0.717, 1.165) is 41.7 Å². The lowest BCUT2D eigenvalue weighted by atomic mass is 9.92. The van der Waals surface area contributed by atoms with Gasteiger partial charge in [-0.3, -0.25) is 4.79 Å². The summed E-state index contributed by atoms with van der Waals surface area (Å²) in [6, 6.07) is 7.85. The predicted octanol–water partition coefficient (Wildman–Crippen LogP) is 4.73. The number of aliphatic hydroxyl groups excluding tert-OH is 1. The molecule has 0 aliphatic carbocycles. The second-order valence-electron chi connectivity index (χ2n) is 7.56. The number of ketones is 1. The van der Waals surface area contributed by atoms with Gasteiger partial charge in [0.15, 0.2) is 17.3 Å². The molecule has 1 aromatic carbocycles. The van der Waals surface area contributed by atoms with Crippen LogP contribution in [0.5, 0.6) is 11.5 Å². The Morgan fingerprint density at radius 1 is 1.17 bits per heavy atom. The fraction of sp³-hybridized carbons (Fsp3) is 0.522. The van der Waals surface area contributed by atoms with Gasteiger partial charge in [-0.2, -0.15) is 0 Å². The van der Waals surface area contributed by atoms with E-state index in [9.17, 15) is 9.90 Å². The third-order valence-electron chi connectivity index (χ3n) is 5.48. The minimum absolute atomic E-state index is 0. The summed E-state index contributed by atoms with van der Waals surface area (Å²) in [7, 11) is 3.24. The van der Waals surface area contributed by atoms with Gasteiger partial charge in [-0.25, -0.2) is 0 Å². The van der Waals surface area contributed by atoms with Gasteiger partial charge in [-0.05, 0) is 68.4 Å². The number of ether oxygens (including phenoxy) is 2. The number of aryl methyl sites for hydroxylation is 3. The molecule has 0 saturated heterocycles. The summed E-state index contributed by atoms with van der Waals surface area (Å²) in [4.78, 5) is 14.6. The van der Waals surface area contributed by atoms with Crippen LogP contribution in [0, 0.1) is 6.92 Å². The van der Waals surface area contributed by atoms with Crippen LogP contribution in [-0.4, -0.2) is 37.3 Å². The quantitative estimate of drug-likeness (QED) is 0.452. The van der Waals surface area contributed by atoms with Gasteiger partial charge < -0.3 is 20.3 Å². The molecular formula is C23H34ClNO4S. The zero-order chi connectivity index (χ0) is 21.4. The number of nitrogens with two attached hydrogens (primary N) is 1. The Hall–Kier alpha value is -1.60. The van der Waals surface area contributed by atoms with Gasteiger partial charge in [-0.15, -0.1) is 23.7 Å². The second kappa shape index (κ2) is 12.3. The van der Waals surface area contributed by atoms with Crippen LogP contribution >= 0.6 is 23.7 Å². The lowest BCUT2D eigenvalue weighted by Crippen LogP contribution is -2.43. The zero-order valence-electron chi connectivity index (χ0n) is 18.3. The van der Waals surface area contributed by atoms with Crippen LogP contribution in [0.15, 0.2) is 24.3 Å². The van der Waals surface area contributed by atoms with Crippen LogP contribution in [0.3, 0.4) is 0 Å². The number of carbonyl (C=O) groups is 1. The number of Topliss-reactive ketones (excluding diaryl/α,β-unsaturated/α-hetero) is 1. The number of halogens is 1. The van der Waals surface area contributed by atoms with E-state index in [4.69, 9.17) is 15.2 Å². The van der Waals surface area contributed by atoms with E-state index in [-0.39, 0.29) is 24.8 Å². The Labute approximate surface area is 190 Å². The number of aliphatic hydroxyl groups is 1. The van der Waals surface area contributed by atoms with Crippen molar-refractivity contribution in [3.05, 3.63) is 45.1 Å². The maximum atomic E-state index is 12.6. The highest BCUT2D eigenvalue weighted by Crippen LogP contribution is 2.29.